The third-order valence-corrected chi connectivity index (χ3v) is 3.93. The molecule has 2 aromatic carbocycles. The minimum absolute atomic E-state index is 0.133. The van der Waals surface area contributed by atoms with E-state index in [-0.39, 0.29) is 17.6 Å². The summed E-state index contributed by atoms with van der Waals surface area (Å²) in [6.07, 6.45) is 0.716. The Hall–Kier alpha value is -1.39. The van der Waals surface area contributed by atoms with E-state index in [2.05, 4.69) is 46.4 Å². The van der Waals surface area contributed by atoms with Crippen LogP contribution in [0, 0.1) is 12.7 Å². The Morgan fingerprint density at radius 1 is 1.24 bits per heavy atom. The summed E-state index contributed by atoms with van der Waals surface area (Å²) in [5.74, 6) is -0.0478. The van der Waals surface area contributed by atoms with Crippen molar-refractivity contribution in [3.05, 3.63) is 63.4 Å². The van der Waals surface area contributed by atoms with Crippen LogP contribution in [0.3, 0.4) is 0 Å². The average Bonchev–Trinajstić information content (AvgIpc) is 2.43. The standard InChI is InChI=1S/C17H19BrFNO/c1-11-6-13(10-14(18)7-11)16(20-2)9-12-4-5-17(21-3)15(19)8-12/h4-8,10,16,20H,9H2,1-3H3. The predicted molar refractivity (Wildman–Crippen MR) is 87.3 cm³/mol. The van der Waals surface area contributed by atoms with Crippen molar-refractivity contribution < 1.29 is 9.13 Å². The van der Waals surface area contributed by atoms with E-state index in [0.717, 1.165) is 10.0 Å². The Kier molecular flexibility index (Phi) is 5.37. The zero-order valence-corrected chi connectivity index (χ0v) is 14.0. The summed E-state index contributed by atoms with van der Waals surface area (Å²) in [5.41, 5.74) is 3.31. The Labute approximate surface area is 133 Å². The smallest absolute Gasteiger partial charge is 0.165 e. The van der Waals surface area contributed by atoms with Crippen molar-refractivity contribution in [3.63, 3.8) is 0 Å². The molecule has 0 heterocycles. The van der Waals surface area contributed by atoms with Crippen LogP contribution in [-0.4, -0.2) is 14.2 Å². The van der Waals surface area contributed by atoms with Gasteiger partial charge in [0.2, 0.25) is 0 Å². The van der Waals surface area contributed by atoms with Crippen LogP contribution in [0.15, 0.2) is 40.9 Å². The Morgan fingerprint density at radius 2 is 2.00 bits per heavy atom. The topological polar surface area (TPSA) is 21.3 Å². The van der Waals surface area contributed by atoms with Crippen molar-refractivity contribution in [3.8, 4) is 5.75 Å². The summed E-state index contributed by atoms with van der Waals surface area (Å²) in [5, 5.41) is 3.29. The predicted octanol–water partition coefficient (Wildman–Crippen LogP) is 4.41. The van der Waals surface area contributed by atoms with Crippen LogP contribution >= 0.6 is 15.9 Å². The number of benzene rings is 2. The summed E-state index contributed by atoms with van der Waals surface area (Å²) in [7, 11) is 3.39. The molecule has 2 aromatic rings. The number of nitrogens with one attached hydrogen (secondary N) is 1. The van der Waals surface area contributed by atoms with Crippen molar-refractivity contribution >= 4 is 15.9 Å². The molecule has 1 unspecified atom stereocenters. The first-order chi connectivity index (χ1) is 10.0. The molecule has 0 saturated carbocycles. The van der Waals surface area contributed by atoms with Crippen LogP contribution in [-0.2, 0) is 6.42 Å². The van der Waals surface area contributed by atoms with E-state index in [0.29, 0.717) is 6.42 Å². The SMILES string of the molecule is CNC(Cc1ccc(OC)c(F)c1)c1cc(C)cc(Br)c1. The number of halogens is 2. The van der Waals surface area contributed by atoms with Gasteiger partial charge in [0.1, 0.15) is 0 Å². The third-order valence-electron chi connectivity index (χ3n) is 3.47. The second kappa shape index (κ2) is 7.05. The van der Waals surface area contributed by atoms with Crippen LogP contribution in [0.1, 0.15) is 22.7 Å². The van der Waals surface area contributed by atoms with E-state index in [4.69, 9.17) is 4.74 Å². The van der Waals surface area contributed by atoms with E-state index in [1.807, 2.05) is 13.1 Å². The Balaban J connectivity index is 2.24. The third kappa shape index (κ3) is 4.05. The lowest BCUT2D eigenvalue weighted by Crippen LogP contribution is -2.19. The second-order valence-electron chi connectivity index (χ2n) is 5.08. The molecule has 21 heavy (non-hydrogen) atoms. The van der Waals surface area contributed by atoms with Crippen molar-refractivity contribution in [1.29, 1.82) is 0 Å². The van der Waals surface area contributed by atoms with Gasteiger partial charge in [-0.15, -0.1) is 0 Å². The maximum atomic E-state index is 13.8. The largest absolute Gasteiger partial charge is 0.494 e. The minimum Gasteiger partial charge on any atom is -0.494 e. The summed E-state index contributed by atoms with van der Waals surface area (Å²) in [6, 6.07) is 11.5. The monoisotopic (exact) mass is 351 g/mol. The van der Waals surface area contributed by atoms with Gasteiger partial charge < -0.3 is 10.1 Å². The second-order valence-corrected chi connectivity index (χ2v) is 5.99. The fourth-order valence-corrected chi connectivity index (χ4v) is 3.05. The number of hydrogen-bond donors (Lipinski definition) is 1. The number of methoxy groups -OCH3 is 1. The molecule has 0 spiro atoms. The minimum atomic E-state index is -0.324. The maximum absolute atomic E-state index is 13.8. The lowest BCUT2D eigenvalue weighted by Gasteiger charge is -2.18. The molecule has 112 valence electrons. The number of rotatable bonds is 5. The number of ether oxygens (including phenoxy) is 1. The van der Waals surface area contributed by atoms with Gasteiger partial charge in [-0.2, -0.15) is 0 Å². The van der Waals surface area contributed by atoms with Gasteiger partial charge in [0.25, 0.3) is 0 Å². The zero-order valence-electron chi connectivity index (χ0n) is 12.4. The van der Waals surface area contributed by atoms with Crippen molar-refractivity contribution in [2.24, 2.45) is 0 Å². The van der Waals surface area contributed by atoms with Gasteiger partial charge in [0.15, 0.2) is 11.6 Å². The zero-order chi connectivity index (χ0) is 15.4. The fraction of sp³-hybridized carbons (Fsp3) is 0.294. The molecule has 0 amide bonds. The Morgan fingerprint density at radius 3 is 2.57 bits per heavy atom. The highest BCUT2D eigenvalue weighted by molar-refractivity contribution is 9.10. The Bertz CT molecular complexity index is 610. The molecule has 1 N–H and O–H groups in total. The van der Waals surface area contributed by atoms with Crippen molar-refractivity contribution in [2.75, 3.05) is 14.2 Å². The molecule has 0 aliphatic rings. The molecule has 2 nitrogen and oxygen atoms in total. The molecule has 2 rings (SSSR count). The number of likely N-dealkylation sites (N-methyl/N-ethyl adjacent to an activating group) is 1. The van der Waals surface area contributed by atoms with Crippen LogP contribution in [0.25, 0.3) is 0 Å². The molecule has 0 saturated heterocycles. The van der Waals surface area contributed by atoms with E-state index in [9.17, 15) is 4.39 Å². The normalized spacial score (nSPS) is 12.2. The van der Waals surface area contributed by atoms with E-state index >= 15 is 0 Å². The highest BCUT2D eigenvalue weighted by Gasteiger charge is 2.13. The molecule has 0 aliphatic carbocycles. The lowest BCUT2D eigenvalue weighted by atomic mass is 9.97. The van der Waals surface area contributed by atoms with Gasteiger partial charge in [-0.05, 0) is 61.3 Å². The number of hydrogen-bond acceptors (Lipinski definition) is 2. The van der Waals surface area contributed by atoms with Gasteiger partial charge in [-0.25, -0.2) is 4.39 Å². The molecule has 4 heteroatoms. The summed E-state index contributed by atoms with van der Waals surface area (Å²) < 4.78 is 19.8. The summed E-state index contributed by atoms with van der Waals surface area (Å²) in [4.78, 5) is 0. The molecular formula is C17H19BrFNO. The first-order valence-corrected chi connectivity index (χ1v) is 7.59. The summed E-state index contributed by atoms with van der Waals surface area (Å²) >= 11 is 3.52. The van der Waals surface area contributed by atoms with Crippen LogP contribution in [0.4, 0.5) is 4.39 Å². The molecular weight excluding hydrogens is 333 g/mol. The maximum Gasteiger partial charge on any atom is 0.165 e. The molecule has 0 aliphatic heterocycles. The summed E-state index contributed by atoms with van der Waals surface area (Å²) in [6.45, 7) is 2.06. The van der Waals surface area contributed by atoms with Gasteiger partial charge in [0.05, 0.1) is 7.11 Å². The average molecular weight is 352 g/mol. The first kappa shape index (κ1) is 16.0. The molecule has 0 aromatic heterocycles. The highest BCUT2D eigenvalue weighted by atomic mass is 79.9. The van der Waals surface area contributed by atoms with Gasteiger partial charge in [-0.3, -0.25) is 0 Å². The molecule has 0 radical (unpaired) electrons. The van der Waals surface area contributed by atoms with Crippen molar-refractivity contribution in [1.82, 2.24) is 5.32 Å². The quantitative estimate of drug-likeness (QED) is 0.861. The van der Waals surface area contributed by atoms with Crippen LogP contribution in [0.5, 0.6) is 5.75 Å². The molecule has 0 fully saturated rings. The van der Waals surface area contributed by atoms with E-state index in [1.54, 1.807) is 6.07 Å². The van der Waals surface area contributed by atoms with Gasteiger partial charge in [0, 0.05) is 10.5 Å². The first-order valence-electron chi connectivity index (χ1n) is 6.80. The van der Waals surface area contributed by atoms with Crippen LogP contribution in [0.2, 0.25) is 0 Å². The van der Waals surface area contributed by atoms with Gasteiger partial charge in [-0.1, -0.05) is 28.1 Å². The lowest BCUT2D eigenvalue weighted by molar-refractivity contribution is 0.386. The molecule has 0 bridgehead atoms. The van der Waals surface area contributed by atoms with E-state index < -0.39 is 0 Å². The molecule has 1 atom stereocenters. The number of aryl methyl sites for hydroxylation is 1. The van der Waals surface area contributed by atoms with Crippen LogP contribution < -0.4 is 10.1 Å². The highest BCUT2D eigenvalue weighted by Crippen LogP contribution is 2.25. The van der Waals surface area contributed by atoms with E-state index in [1.165, 1.54) is 24.3 Å². The van der Waals surface area contributed by atoms with Crippen molar-refractivity contribution in [2.45, 2.75) is 19.4 Å². The van der Waals surface area contributed by atoms with Gasteiger partial charge >= 0.3 is 0 Å². The fourth-order valence-electron chi connectivity index (χ4n) is 2.42.